The van der Waals surface area contributed by atoms with Gasteiger partial charge in [0.25, 0.3) is 5.91 Å². The minimum atomic E-state index is -1.19. The van der Waals surface area contributed by atoms with Gasteiger partial charge >= 0.3 is 6.03 Å². The fraction of sp³-hybridized carbons (Fsp3) is 0.222. The number of nitriles is 1. The number of hydrogen-bond donors (Lipinski definition) is 1. The van der Waals surface area contributed by atoms with Crippen LogP contribution in [-0.4, -0.2) is 35.0 Å². The number of amides is 3. The third kappa shape index (κ3) is 3.02. The van der Waals surface area contributed by atoms with Crippen LogP contribution in [0.2, 0.25) is 0 Å². The second kappa shape index (κ2) is 6.61. The molecule has 0 radical (unpaired) electrons. The van der Waals surface area contributed by atoms with Crippen molar-refractivity contribution in [3.63, 3.8) is 0 Å². The first kappa shape index (κ1) is 16.5. The zero-order valence-electron chi connectivity index (χ0n) is 13.6. The molecule has 0 saturated carbocycles. The Bertz CT molecular complexity index is 847. The molecule has 0 spiro atoms. The number of carbonyl (C=O) groups excluding carboxylic acids is 2. The molecule has 3 amide bonds. The largest absolute Gasteiger partial charge is 0.490 e. The minimum Gasteiger partial charge on any atom is -0.490 e. The monoisotopic (exact) mass is 336 g/mol. The van der Waals surface area contributed by atoms with E-state index in [9.17, 15) is 9.59 Å². The predicted octanol–water partition coefficient (Wildman–Crippen LogP) is 1.80. The highest BCUT2D eigenvalue weighted by Crippen LogP contribution is 2.27. The van der Waals surface area contributed by atoms with Crippen LogP contribution < -0.4 is 10.1 Å². The van der Waals surface area contributed by atoms with Crippen LogP contribution in [0.15, 0.2) is 48.7 Å². The fourth-order valence-electron chi connectivity index (χ4n) is 2.66. The first-order chi connectivity index (χ1) is 12.1. The molecule has 1 unspecified atom stereocenters. The van der Waals surface area contributed by atoms with Gasteiger partial charge in [-0.25, -0.2) is 4.79 Å². The van der Waals surface area contributed by atoms with Gasteiger partial charge in [0, 0.05) is 6.20 Å². The molecule has 2 heterocycles. The Kier molecular flexibility index (Phi) is 4.35. The fourth-order valence-corrected chi connectivity index (χ4v) is 2.66. The standard InChI is InChI=1S/C18H16N4O3/c1-18(15-8-4-5-9-20-15)16(23)22(17(24)21-18)10-11-25-14-7-3-2-6-13(14)12-19/h2-9H,10-11H2,1H3,(H,21,24). The molecule has 2 aromatic rings. The van der Waals surface area contributed by atoms with Crippen LogP contribution >= 0.6 is 0 Å². The number of pyridine rings is 1. The van der Waals surface area contributed by atoms with Gasteiger partial charge in [0.1, 0.15) is 18.4 Å². The summed E-state index contributed by atoms with van der Waals surface area (Å²) in [6, 6.07) is 13.5. The smallest absolute Gasteiger partial charge is 0.325 e. The van der Waals surface area contributed by atoms with Crippen molar-refractivity contribution in [3.8, 4) is 11.8 Å². The predicted molar refractivity (Wildman–Crippen MR) is 88.5 cm³/mol. The van der Waals surface area contributed by atoms with Gasteiger partial charge in [0.15, 0.2) is 5.54 Å². The van der Waals surface area contributed by atoms with Crippen LogP contribution in [0.5, 0.6) is 5.75 Å². The number of benzene rings is 1. The van der Waals surface area contributed by atoms with E-state index in [4.69, 9.17) is 10.00 Å². The van der Waals surface area contributed by atoms with E-state index >= 15 is 0 Å². The Morgan fingerprint density at radius 3 is 2.72 bits per heavy atom. The van der Waals surface area contributed by atoms with Crippen LogP contribution in [0, 0.1) is 11.3 Å². The van der Waals surface area contributed by atoms with Crippen LogP contribution in [0.1, 0.15) is 18.2 Å². The summed E-state index contributed by atoms with van der Waals surface area (Å²) in [5.74, 6) is 0.0397. The average Bonchev–Trinajstić information content (AvgIpc) is 2.87. The van der Waals surface area contributed by atoms with E-state index in [1.54, 1.807) is 55.6 Å². The number of aromatic nitrogens is 1. The van der Waals surface area contributed by atoms with Crippen LogP contribution in [0.4, 0.5) is 4.79 Å². The Morgan fingerprint density at radius 2 is 2.00 bits per heavy atom. The summed E-state index contributed by atoms with van der Waals surface area (Å²) < 4.78 is 5.55. The first-order valence-corrected chi connectivity index (χ1v) is 7.74. The van der Waals surface area contributed by atoms with E-state index in [1.165, 1.54) is 0 Å². The molecule has 7 nitrogen and oxygen atoms in total. The summed E-state index contributed by atoms with van der Waals surface area (Å²) >= 11 is 0. The van der Waals surface area contributed by atoms with Crippen molar-refractivity contribution in [2.75, 3.05) is 13.2 Å². The molecule has 0 bridgehead atoms. The van der Waals surface area contributed by atoms with Crippen molar-refractivity contribution in [1.82, 2.24) is 15.2 Å². The summed E-state index contributed by atoms with van der Waals surface area (Å²) in [7, 11) is 0. The molecule has 1 aromatic heterocycles. The first-order valence-electron chi connectivity index (χ1n) is 7.74. The van der Waals surface area contributed by atoms with Gasteiger partial charge < -0.3 is 10.1 Å². The molecule has 1 saturated heterocycles. The summed E-state index contributed by atoms with van der Waals surface area (Å²) in [4.78, 5) is 30.2. The lowest BCUT2D eigenvalue weighted by molar-refractivity contribution is -0.131. The molecular weight excluding hydrogens is 320 g/mol. The normalized spacial score (nSPS) is 19.4. The van der Waals surface area contributed by atoms with Crippen LogP contribution in [-0.2, 0) is 10.3 Å². The van der Waals surface area contributed by atoms with E-state index in [0.29, 0.717) is 17.0 Å². The molecule has 1 aromatic carbocycles. The highest BCUT2D eigenvalue weighted by Gasteiger charge is 2.49. The Hall–Kier alpha value is -3.40. The molecule has 0 aliphatic carbocycles. The van der Waals surface area contributed by atoms with E-state index in [0.717, 1.165) is 4.90 Å². The van der Waals surface area contributed by atoms with Crippen molar-refractivity contribution < 1.29 is 14.3 Å². The minimum absolute atomic E-state index is 0.0762. The lowest BCUT2D eigenvalue weighted by atomic mass is 9.97. The van der Waals surface area contributed by atoms with Crippen molar-refractivity contribution in [3.05, 3.63) is 59.9 Å². The molecule has 1 aliphatic heterocycles. The highest BCUT2D eigenvalue weighted by molar-refractivity contribution is 6.06. The zero-order chi connectivity index (χ0) is 17.9. The second-order valence-corrected chi connectivity index (χ2v) is 5.68. The van der Waals surface area contributed by atoms with Crippen LogP contribution in [0.3, 0.4) is 0 Å². The number of urea groups is 1. The molecule has 3 rings (SSSR count). The van der Waals surface area contributed by atoms with Crippen molar-refractivity contribution in [1.29, 1.82) is 5.26 Å². The number of nitrogens with zero attached hydrogens (tertiary/aromatic N) is 3. The Labute approximate surface area is 144 Å². The molecule has 25 heavy (non-hydrogen) atoms. The SMILES string of the molecule is CC1(c2ccccn2)NC(=O)N(CCOc2ccccc2C#N)C1=O. The number of rotatable bonds is 5. The van der Waals surface area contributed by atoms with Gasteiger partial charge in [-0.05, 0) is 31.2 Å². The van der Waals surface area contributed by atoms with Gasteiger partial charge in [-0.15, -0.1) is 0 Å². The van der Waals surface area contributed by atoms with E-state index in [-0.39, 0.29) is 19.1 Å². The zero-order valence-corrected chi connectivity index (χ0v) is 13.6. The van der Waals surface area contributed by atoms with E-state index in [2.05, 4.69) is 10.3 Å². The maximum absolute atomic E-state index is 12.7. The maximum atomic E-state index is 12.7. The highest BCUT2D eigenvalue weighted by atomic mass is 16.5. The van der Waals surface area contributed by atoms with E-state index < -0.39 is 11.6 Å². The van der Waals surface area contributed by atoms with Crippen molar-refractivity contribution in [2.24, 2.45) is 0 Å². The number of para-hydroxylation sites is 1. The van der Waals surface area contributed by atoms with Crippen molar-refractivity contribution >= 4 is 11.9 Å². The molecule has 1 fully saturated rings. The number of nitrogens with one attached hydrogen (secondary N) is 1. The summed E-state index contributed by atoms with van der Waals surface area (Å²) in [6.45, 7) is 1.80. The third-order valence-corrected chi connectivity index (χ3v) is 4.03. The number of imide groups is 1. The summed E-state index contributed by atoms with van der Waals surface area (Å²) in [6.07, 6.45) is 1.57. The maximum Gasteiger partial charge on any atom is 0.325 e. The third-order valence-electron chi connectivity index (χ3n) is 4.03. The number of carbonyl (C=O) groups is 2. The van der Waals surface area contributed by atoms with Gasteiger partial charge in [0.2, 0.25) is 0 Å². The van der Waals surface area contributed by atoms with Gasteiger partial charge in [-0.2, -0.15) is 5.26 Å². The van der Waals surface area contributed by atoms with E-state index in [1.807, 2.05) is 6.07 Å². The molecule has 126 valence electrons. The molecule has 1 N–H and O–H groups in total. The van der Waals surface area contributed by atoms with Gasteiger partial charge in [-0.1, -0.05) is 18.2 Å². The summed E-state index contributed by atoms with van der Waals surface area (Å²) in [5.41, 5.74) is -0.312. The van der Waals surface area contributed by atoms with Crippen LogP contribution in [0.25, 0.3) is 0 Å². The Morgan fingerprint density at radius 1 is 1.24 bits per heavy atom. The Balaban J connectivity index is 1.69. The van der Waals surface area contributed by atoms with Gasteiger partial charge in [0.05, 0.1) is 17.8 Å². The van der Waals surface area contributed by atoms with Gasteiger partial charge in [-0.3, -0.25) is 14.7 Å². The molecule has 1 atom stereocenters. The summed E-state index contributed by atoms with van der Waals surface area (Å²) in [5, 5.41) is 11.7. The molecule has 7 heteroatoms. The lowest BCUT2D eigenvalue weighted by Crippen LogP contribution is -2.42. The number of hydrogen-bond acceptors (Lipinski definition) is 5. The lowest BCUT2D eigenvalue weighted by Gasteiger charge is -2.21. The molecule has 1 aliphatic rings. The second-order valence-electron chi connectivity index (χ2n) is 5.68. The number of ether oxygens (including phenoxy) is 1. The quantitative estimate of drug-likeness (QED) is 0.840. The average molecular weight is 336 g/mol. The van der Waals surface area contributed by atoms with Crippen molar-refractivity contribution in [2.45, 2.75) is 12.5 Å². The topological polar surface area (TPSA) is 95.3 Å². The molecular formula is C18H16N4O3.